The van der Waals surface area contributed by atoms with Crippen molar-refractivity contribution in [3.8, 4) is 11.5 Å². The summed E-state index contributed by atoms with van der Waals surface area (Å²) in [6, 6.07) is 13.6. The number of aromatic hydroxyl groups is 1. The number of para-hydroxylation sites is 1. The number of hydrogen-bond donors (Lipinski definition) is 2. The highest BCUT2D eigenvalue weighted by Gasteiger charge is 2.19. The predicted molar refractivity (Wildman–Crippen MR) is 117 cm³/mol. The zero-order chi connectivity index (χ0) is 20.6. The Morgan fingerprint density at radius 2 is 2.10 bits per heavy atom. The third-order valence-corrected chi connectivity index (χ3v) is 5.57. The van der Waals surface area contributed by atoms with Crippen LogP contribution in [0.4, 0.5) is 5.69 Å². The molecule has 29 heavy (non-hydrogen) atoms. The molecular formula is C24H30N2O3. The number of nitrogens with zero attached hydrogens (tertiary/aromatic N) is 1. The highest BCUT2D eigenvalue weighted by atomic mass is 16.5. The predicted octanol–water partition coefficient (Wildman–Crippen LogP) is 4.47. The highest BCUT2D eigenvalue weighted by molar-refractivity contribution is 6.02. The third kappa shape index (κ3) is 5.84. The van der Waals surface area contributed by atoms with Crippen LogP contribution in [0.15, 0.2) is 48.5 Å². The number of likely N-dealkylation sites (tertiary alicyclic amines) is 1. The first-order valence-electron chi connectivity index (χ1n) is 10.2. The summed E-state index contributed by atoms with van der Waals surface area (Å²) >= 11 is 0. The summed E-state index contributed by atoms with van der Waals surface area (Å²) in [4.78, 5) is 14.9. The zero-order valence-electron chi connectivity index (χ0n) is 17.2. The molecular weight excluding hydrogens is 364 g/mol. The molecule has 154 valence electrons. The number of piperidine rings is 1. The molecule has 0 aliphatic carbocycles. The Morgan fingerprint density at radius 3 is 2.90 bits per heavy atom. The van der Waals surface area contributed by atoms with Gasteiger partial charge in [-0.3, -0.25) is 4.79 Å². The van der Waals surface area contributed by atoms with Gasteiger partial charge < -0.3 is 20.1 Å². The Bertz CT molecular complexity index is 863. The van der Waals surface area contributed by atoms with Crippen molar-refractivity contribution in [1.82, 2.24) is 4.90 Å². The van der Waals surface area contributed by atoms with E-state index in [1.54, 1.807) is 24.3 Å². The summed E-state index contributed by atoms with van der Waals surface area (Å²) < 4.78 is 5.10. The van der Waals surface area contributed by atoms with Crippen LogP contribution < -0.4 is 10.1 Å². The first kappa shape index (κ1) is 20.9. The Morgan fingerprint density at radius 1 is 1.28 bits per heavy atom. The fraction of sp³-hybridized carbons (Fsp3) is 0.375. The second-order valence-corrected chi connectivity index (χ2v) is 7.58. The first-order chi connectivity index (χ1) is 14.1. The number of nitrogens with one attached hydrogen (secondary N) is 1. The smallest absolute Gasteiger partial charge is 0.248 e. The maximum Gasteiger partial charge on any atom is 0.248 e. The number of amides is 1. The molecule has 2 aromatic carbocycles. The number of benzene rings is 2. The van der Waals surface area contributed by atoms with Gasteiger partial charge in [0.2, 0.25) is 5.91 Å². The maximum atomic E-state index is 12.4. The van der Waals surface area contributed by atoms with Gasteiger partial charge in [-0.05, 0) is 74.7 Å². The van der Waals surface area contributed by atoms with Crippen LogP contribution in [0.25, 0.3) is 6.08 Å². The molecule has 1 fully saturated rings. The second kappa shape index (κ2) is 10.1. The van der Waals surface area contributed by atoms with Crippen molar-refractivity contribution in [2.45, 2.75) is 38.1 Å². The Balaban J connectivity index is 1.61. The average molecular weight is 395 g/mol. The van der Waals surface area contributed by atoms with Gasteiger partial charge >= 0.3 is 0 Å². The summed E-state index contributed by atoms with van der Waals surface area (Å²) in [5.41, 5.74) is 2.81. The molecule has 5 heteroatoms. The molecule has 2 aromatic rings. The number of carbonyl (C=O) groups excluding carboxylic acids is 1. The van der Waals surface area contributed by atoms with Crippen LogP contribution in [-0.4, -0.2) is 42.7 Å². The van der Waals surface area contributed by atoms with Gasteiger partial charge in [0.15, 0.2) is 11.5 Å². The van der Waals surface area contributed by atoms with Crippen LogP contribution in [0.3, 0.4) is 0 Å². The molecule has 1 saturated heterocycles. The number of anilines is 1. The monoisotopic (exact) mass is 394 g/mol. The quantitative estimate of drug-likeness (QED) is 0.680. The molecule has 1 aliphatic rings. The van der Waals surface area contributed by atoms with Crippen molar-refractivity contribution in [1.29, 1.82) is 0 Å². The lowest BCUT2D eigenvalue weighted by Gasteiger charge is -2.32. The Labute approximate surface area is 173 Å². The standard InChI is InChI=1S/C24H30N2O3/c1-26-16-6-5-8-20(26)13-12-19-7-3-4-9-21(19)25-24(28)15-11-18-10-14-22(27)23(17-18)29-2/h3-4,7,9-11,14-15,17,20,27H,5-6,8,12-13,16H2,1-2H3,(H,25,28)/b15-11+. The van der Waals surface area contributed by atoms with E-state index < -0.39 is 0 Å². The molecule has 3 rings (SSSR count). The number of hydrogen-bond acceptors (Lipinski definition) is 4. The van der Waals surface area contributed by atoms with E-state index in [1.807, 2.05) is 18.2 Å². The van der Waals surface area contributed by atoms with Crippen LogP contribution in [0.2, 0.25) is 0 Å². The van der Waals surface area contributed by atoms with Crippen LogP contribution in [-0.2, 0) is 11.2 Å². The first-order valence-corrected chi connectivity index (χ1v) is 10.2. The average Bonchev–Trinajstić information content (AvgIpc) is 2.73. The van der Waals surface area contributed by atoms with Gasteiger partial charge in [0.05, 0.1) is 7.11 Å². The summed E-state index contributed by atoms with van der Waals surface area (Å²) in [5.74, 6) is 0.275. The number of carbonyl (C=O) groups is 1. The van der Waals surface area contributed by atoms with E-state index in [4.69, 9.17) is 4.74 Å². The van der Waals surface area contributed by atoms with Gasteiger partial charge in [0, 0.05) is 17.8 Å². The summed E-state index contributed by atoms with van der Waals surface area (Å²) in [7, 11) is 3.71. The largest absolute Gasteiger partial charge is 0.504 e. The molecule has 2 N–H and O–H groups in total. The minimum absolute atomic E-state index is 0.0756. The van der Waals surface area contributed by atoms with Crippen LogP contribution in [0.1, 0.15) is 36.8 Å². The summed E-state index contributed by atoms with van der Waals surface area (Å²) in [6.45, 7) is 1.18. The Kier molecular flexibility index (Phi) is 7.30. The lowest BCUT2D eigenvalue weighted by Crippen LogP contribution is -2.36. The van der Waals surface area contributed by atoms with E-state index >= 15 is 0 Å². The number of rotatable bonds is 7. The van der Waals surface area contributed by atoms with Gasteiger partial charge in [-0.1, -0.05) is 30.7 Å². The molecule has 0 aromatic heterocycles. The van der Waals surface area contributed by atoms with Crippen LogP contribution >= 0.6 is 0 Å². The molecule has 1 aliphatic heterocycles. The number of methoxy groups -OCH3 is 1. The molecule has 5 nitrogen and oxygen atoms in total. The topological polar surface area (TPSA) is 61.8 Å². The molecule has 0 bridgehead atoms. The normalized spacial score (nSPS) is 17.4. The lowest BCUT2D eigenvalue weighted by atomic mass is 9.96. The number of phenols is 1. The van der Waals surface area contributed by atoms with Crippen molar-refractivity contribution in [2.24, 2.45) is 0 Å². The van der Waals surface area contributed by atoms with Gasteiger partial charge in [0.1, 0.15) is 0 Å². The number of ether oxygens (including phenoxy) is 1. The van der Waals surface area contributed by atoms with E-state index in [2.05, 4.69) is 23.3 Å². The lowest BCUT2D eigenvalue weighted by molar-refractivity contribution is -0.111. The van der Waals surface area contributed by atoms with Crippen molar-refractivity contribution < 1.29 is 14.6 Å². The minimum atomic E-state index is -0.181. The third-order valence-electron chi connectivity index (χ3n) is 5.57. The molecule has 1 unspecified atom stereocenters. The second-order valence-electron chi connectivity index (χ2n) is 7.58. The molecule has 0 saturated carbocycles. The zero-order valence-corrected chi connectivity index (χ0v) is 17.2. The molecule has 0 radical (unpaired) electrons. The van der Waals surface area contributed by atoms with Crippen LogP contribution in [0.5, 0.6) is 11.5 Å². The summed E-state index contributed by atoms with van der Waals surface area (Å²) in [6.07, 6.45) is 9.11. The van der Waals surface area contributed by atoms with Gasteiger partial charge in [-0.2, -0.15) is 0 Å². The number of phenolic OH excluding ortho intramolecular Hbond substituents is 1. The van der Waals surface area contributed by atoms with E-state index in [9.17, 15) is 9.90 Å². The SMILES string of the molecule is COc1cc(/C=C/C(=O)Nc2ccccc2CCC2CCCCN2C)ccc1O. The highest BCUT2D eigenvalue weighted by Crippen LogP contribution is 2.27. The Hall–Kier alpha value is -2.79. The fourth-order valence-electron chi connectivity index (χ4n) is 3.84. The minimum Gasteiger partial charge on any atom is -0.504 e. The number of aryl methyl sites for hydroxylation is 1. The van der Waals surface area contributed by atoms with Crippen molar-refractivity contribution in [3.05, 3.63) is 59.7 Å². The van der Waals surface area contributed by atoms with Gasteiger partial charge in [-0.15, -0.1) is 0 Å². The fourth-order valence-corrected chi connectivity index (χ4v) is 3.84. The van der Waals surface area contributed by atoms with E-state index in [0.717, 1.165) is 24.1 Å². The van der Waals surface area contributed by atoms with Gasteiger partial charge in [0.25, 0.3) is 0 Å². The van der Waals surface area contributed by atoms with Gasteiger partial charge in [-0.25, -0.2) is 0 Å². The molecule has 1 atom stereocenters. The molecule has 1 heterocycles. The van der Waals surface area contributed by atoms with E-state index in [-0.39, 0.29) is 11.7 Å². The van der Waals surface area contributed by atoms with Crippen LogP contribution in [0, 0.1) is 0 Å². The molecule has 0 spiro atoms. The maximum absolute atomic E-state index is 12.4. The van der Waals surface area contributed by atoms with E-state index in [1.165, 1.54) is 44.6 Å². The summed E-state index contributed by atoms with van der Waals surface area (Å²) in [5, 5.41) is 12.7. The van der Waals surface area contributed by atoms with Crippen molar-refractivity contribution in [2.75, 3.05) is 26.0 Å². The molecule has 1 amide bonds. The van der Waals surface area contributed by atoms with E-state index in [0.29, 0.717) is 11.8 Å². The van der Waals surface area contributed by atoms with Crippen molar-refractivity contribution in [3.63, 3.8) is 0 Å². The van der Waals surface area contributed by atoms with Crippen molar-refractivity contribution >= 4 is 17.7 Å².